The first kappa shape index (κ1) is 21.0. The van der Waals surface area contributed by atoms with Gasteiger partial charge in [0.15, 0.2) is 5.78 Å². The number of Topliss-reactive ketones (excluding diaryl/α,β-unsaturated/α-hetero) is 1. The van der Waals surface area contributed by atoms with Crippen molar-refractivity contribution < 1.29 is 18.0 Å². The van der Waals surface area contributed by atoms with Crippen LogP contribution in [0.1, 0.15) is 44.6 Å². The summed E-state index contributed by atoms with van der Waals surface area (Å²) in [5.41, 5.74) is 3.06. The Morgan fingerprint density at radius 2 is 1.66 bits per heavy atom. The molecule has 7 nitrogen and oxygen atoms in total. The zero-order valence-electron chi connectivity index (χ0n) is 16.8. The van der Waals surface area contributed by atoms with Gasteiger partial charge in [0, 0.05) is 42.8 Å². The third-order valence-corrected chi connectivity index (χ3v) is 6.69. The highest BCUT2D eigenvalue weighted by molar-refractivity contribution is 7.92. The lowest BCUT2D eigenvalue weighted by Crippen LogP contribution is -2.50. The summed E-state index contributed by atoms with van der Waals surface area (Å²) in [5, 5.41) is 1.21. The molecule has 1 fully saturated rings. The van der Waals surface area contributed by atoms with E-state index in [0.717, 1.165) is 5.56 Å². The number of carbonyl (C=O) groups excluding carboxylic acids is 2. The van der Waals surface area contributed by atoms with E-state index >= 15 is 0 Å². The molecule has 2 aromatic rings. The van der Waals surface area contributed by atoms with Gasteiger partial charge in [-0.25, -0.2) is 8.42 Å². The zero-order valence-corrected chi connectivity index (χ0v) is 17.6. The second kappa shape index (κ2) is 8.34. The van der Waals surface area contributed by atoms with Gasteiger partial charge in [-0.1, -0.05) is 30.3 Å². The monoisotopic (exact) mass is 415 g/mol. The van der Waals surface area contributed by atoms with Gasteiger partial charge in [0.2, 0.25) is 10.0 Å². The van der Waals surface area contributed by atoms with Crippen molar-refractivity contribution >= 4 is 27.8 Å². The lowest BCUT2D eigenvalue weighted by Gasteiger charge is -2.33. The summed E-state index contributed by atoms with van der Waals surface area (Å²) >= 11 is 0. The predicted octanol–water partition coefficient (Wildman–Crippen LogP) is 2.59. The molecule has 2 heterocycles. The van der Waals surface area contributed by atoms with Crippen molar-refractivity contribution in [3.63, 3.8) is 0 Å². The number of nitrogens with one attached hydrogen (secondary N) is 1. The van der Waals surface area contributed by atoms with Gasteiger partial charge in [0.1, 0.15) is 5.69 Å². The number of nitrogens with zero attached hydrogens (tertiary/aromatic N) is 2. The van der Waals surface area contributed by atoms with Crippen molar-refractivity contribution in [2.45, 2.75) is 20.8 Å². The fourth-order valence-electron chi connectivity index (χ4n) is 3.61. The molecule has 0 unspecified atom stereocenters. The van der Waals surface area contributed by atoms with Crippen LogP contribution >= 0.6 is 0 Å². The van der Waals surface area contributed by atoms with Gasteiger partial charge in [-0.15, -0.1) is 0 Å². The second-order valence-electron chi connectivity index (χ2n) is 7.13. The van der Waals surface area contributed by atoms with Gasteiger partial charge < -0.3 is 9.88 Å². The highest BCUT2D eigenvalue weighted by Gasteiger charge is 2.30. The molecule has 1 saturated heterocycles. The summed E-state index contributed by atoms with van der Waals surface area (Å²) in [4.78, 5) is 29.3. The zero-order chi connectivity index (χ0) is 21.2. The largest absolute Gasteiger partial charge is 0.354 e. The first-order valence-electron chi connectivity index (χ1n) is 9.43. The SMILES string of the molecule is CC(=O)c1c(C)[nH]c(C(=O)N2CCN(S(=O)(=O)/C=C/c3ccccc3)CC2)c1C. The summed E-state index contributed by atoms with van der Waals surface area (Å²) < 4.78 is 26.5. The number of rotatable bonds is 5. The summed E-state index contributed by atoms with van der Waals surface area (Å²) in [6.07, 6.45) is 1.57. The van der Waals surface area contributed by atoms with Crippen LogP contribution in [0.15, 0.2) is 35.7 Å². The van der Waals surface area contributed by atoms with Crippen LogP contribution in [0.25, 0.3) is 6.08 Å². The Labute approximate surface area is 171 Å². The van der Waals surface area contributed by atoms with Crippen LogP contribution in [0.4, 0.5) is 0 Å². The van der Waals surface area contributed by atoms with Crippen LogP contribution in [0.5, 0.6) is 0 Å². The molecule has 1 aliphatic rings. The third-order valence-electron chi connectivity index (χ3n) is 5.12. The fourth-order valence-corrected chi connectivity index (χ4v) is 4.78. The van der Waals surface area contributed by atoms with Crippen molar-refractivity contribution in [2.75, 3.05) is 26.2 Å². The molecule has 0 aliphatic carbocycles. The maximum atomic E-state index is 12.9. The Kier molecular flexibility index (Phi) is 6.04. The smallest absolute Gasteiger partial charge is 0.270 e. The standard InChI is InChI=1S/C21H25N3O4S/c1-15-19(17(3)25)16(2)22-20(15)21(26)23-10-12-24(13-11-23)29(27,28)14-9-18-7-5-4-6-8-18/h4-9,14,22H,10-13H2,1-3H3/b14-9+. The summed E-state index contributed by atoms with van der Waals surface area (Å²) in [7, 11) is -3.55. The molecule has 29 heavy (non-hydrogen) atoms. The molecule has 3 rings (SSSR count). The number of amides is 1. The van der Waals surface area contributed by atoms with Crippen LogP contribution < -0.4 is 0 Å². The molecule has 1 amide bonds. The number of benzene rings is 1. The third kappa shape index (κ3) is 4.49. The minimum absolute atomic E-state index is 0.0867. The Bertz CT molecular complexity index is 1050. The van der Waals surface area contributed by atoms with E-state index in [1.54, 1.807) is 24.8 Å². The summed E-state index contributed by atoms with van der Waals surface area (Å²) in [5.74, 6) is -0.300. The number of H-pyrrole nitrogens is 1. The maximum absolute atomic E-state index is 12.9. The predicted molar refractivity (Wildman–Crippen MR) is 112 cm³/mol. The number of hydrogen-bond acceptors (Lipinski definition) is 4. The van der Waals surface area contributed by atoms with Crippen LogP contribution in [0, 0.1) is 13.8 Å². The normalized spacial score (nSPS) is 15.8. The van der Waals surface area contributed by atoms with Crippen molar-refractivity contribution in [1.82, 2.24) is 14.2 Å². The summed E-state index contributed by atoms with van der Waals surface area (Å²) in [6.45, 7) is 6.04. The van der Waals surface area contributed by atoms with E-state index in [1.165, 1.54) is 16.6 Å². The van der Waals surface area contributed by atoms with Crippen molar-refractivity contribution in [3.8, 4) is 0 Å². The molecular weight excluding hydrogens is 390 g/mol. The minimum atomic E-state index is -3.55. The summed E-state index contributed by atoms with van der Waals surface area (Å²) in [6, 6.07) is 9.23. The van der Waals surface area contributed by atoms with Crippen LogP contribution in [0.2, 0.25) is 0 Å². The van der Waals surface area contributed by atoms with Gasteiger partial charge in [-0.05, 0) is 38.0 Å². The second-order valence-corrected chi connectivity index (χ2v) is 8.95. The first-order chi connectivity index (χ1) is 13.7. The first-order valence-corrected chi connectivity index (χ1v) is 10.9. The van der Waals surface area contributed by atoms with E-state index in [0.29, 0.717) is 35.6 Å². The molecule has 1 N–H and O–H groups in total. The molecule has 0 bridgehead atoms. The number of carbonyl (C=O) groups is 2. The van der Waals surface area contributed by atoms with E-state index in [1.807, 2.05) is 30.3 Å². The Morgan fingerprint density at radius 3 is 2.21 bits per heavy atom. The van der Waals surface area contributed by atoms with Crippen molar-refractivity contribution in [3.05, 3.63) is 63.8 Å². The lowest BCUT2D eigenvalue weighted by molar-refractivity contribution is 0.0692. The Morgan fingerprint density at radius 1 is 1.03 bits per heavy atom. The molecule has 0 saturated carbocycles. The molecule has 0 atom stereocenters. The number of piperazine rings is 1. The maximum Gasteiger partial charge on any atom is 0.270 e. The van der Waals surface area contributed by atoms with E-state index in [2.05, 4.69) is 4.98 Å². The van der Waals surface area contributed by atoms with Gasteiger partial charge in [-0.2, -0.15) is 4.31 Å². The average Bonchev–Trinajstić information content (AvgIpc) is 3.01. The number of aromatic amines is 1. The Hall–Kier alpha value is -2.71. The van der Waals surface area contributed by atoms with E-state index in [-0.39, 0.29) is 24.8 Å². The van der Waals surface area contributed by atoms with Crippen LogP contribution in [-0.4, -0.2) is 60.5 Å². The molecule has 8 heteroatoms. The number of aromatic nitrogens is 1. The fraction of sp³-hybridized carbons (Fsp3) is 0.333. The molecular formula is C21H25N3O4S. The highest BCUT2D eigenvalue weighted by atomic mass is 32.2. The van der Waals surface area contributed by atoms with Gasteiger partial charge in [-0.3, -0.25) is 9.59 Å². The van der Waals surface area contributed by atoms with E-state index in [9.17, 15) is 18.0 Å². The van der Waals surface area contributed by atoms with E-state index < -0.39 is 10.0 Å². The lowest BCUT2D eigenvalue weighted by atomic mass is 10.1. The minimum Gasteiger partial charge on any atom is -0.354 e. The molecule has 154 valence electrons. The van der Waals surface area contributed by atoms with Crippen LogP contribution in [0.3, 0.4) is 0 Å². The molecule has 1 aromatic heterocycles. The quantitative estimate of drug-likeness (QED) is 0.760. The topological polar surface area (TPSA) is 90.6 Å². The molecule has 0 spiro atoms. The highest BCUT2D eigenvalue weighted by Crippen LogP contribution is 2.21. The average molecular weight is 416 g/mol. The number of ketones is 1. The van der Waals surface area contributed by atoms with Gasteiger partial charge >= 0.3 is 0 Å². The molecule has 1 aromatic carbocycles. The number of hydrogen-bond donors (Lipinski definition) is 1. The van der Waals surface area contributed by atoms with Crippen molar-refractivity contribution in [1.29, 1.82) is 0 Å². The van der Waals surface area contributed by atoms with Crippen molar-refractivity contribution in [2.24, 2.45) is 0 Å². The number of sulfonamides is 1. The van der Waals surface area contributed by atoms with E-state index in [4.69, 9.17) is 0 Å². The molecule has 0 radical (unpaired) electrons. The van der Waals surface area contributed by atoms with Gasteiger partial charge in [0.05, 0.1) is 0 Å². The van der Waals surface area contributed by atoms with Crippen LogP contribution in [-0.2, 0) is 10.0 Å². The molecule has 1 aliphatic heterocycles. The number of aryl methyl sites for hydroxylation is 1. The van der Waals surface area contributed by atoms with Gasteiger partial charge in [0.25, 0.3) is 5.91 Å². The Balaban J connectivity index is 1.67.